The van der Waals surface area contributed by atoms with Gasteiger partial charge in [0.2, 0.25) is 0 Å². The van der Waals surface area contributed by atoms with E-state index in [1.165, 1.54) is 13.2 Å². The van der Waals surface area contributed by atoms with Crippen LogP contribution in [-0.4, -0.2) is 14.2 Å². The topological polar surface area (TPSA) is 44.5 Å². The predicted octanol–water partition coefficient (Wildman–Crippen LogP) is 3.09. The average Bonchev–Trinajstić information content (AvgIpc) is 2.48. The van der Waals surface area contributed by atoms with E-state index in [9.17, 15) is 4.39 Å². The predicted molar refractivity (Wildman–Crippen MR) is 76.6 cm³/mol. The number of benzene rings is 2. The molecule has 0 radical (unpaired) electrons. The lowest BCUT2D eigenvalue weighted by molar-refractivity contribution is 0.385. The molecule has 2 aromatic carbocycles. The monoisotopic (exact) mass is 275 g/mol. The second kappa shape index (κ2) is 6.39. The van der Waals surface area contributed by atoms with Crippen molar-refractivity contribution < 1.29 is 13.9 Å². The van der Waals surface area contributed by atoms with Crippen molar-refractivity contribution in [1.29, 1.82) is 0 Å². The van der Waals surface area contributed by atoms with E-state index >= 15 is 0 Å². The first-order chi connectivity index (χ1) is 9.65. The lowest BCUT2D eigenvalue weighted by Gasteiger charge is -2.15. The molecule has 0 spiro atoms. The summed E-state index contributed by atoms with van der Waals surface area (Å²) in [5.74, 6) is 0.621. The highest BCUT2D eigenvalue weighted by Crippen LogP contribution is 2.26. The molecule has 2 rings (SSSR count). The quantitative estimate of drug-likeness (QED) is 0.912. The minimum absolute atomic E-state index is 0.206. The zero-order valence-electron chi connectivity index (χ0n) is 11.6. The van der Waals surface area contributed by atoms with Gasteiger partial charge in [0.1, 0.15) is 5.75 Å². The number of halogens is 1. The third-order valence-electron chi connectivity index (χ3n) is 3.24. The van der Waals surface area contributed by atoms with Crippen molar-refractivity contribution >= 4 is 0 Å². The minimum Gasteiger partial charge on any atom is -0.496 e. The van der Waals surface area contributed by atoms with Gasteiger partial charge in [0.25, 0.3) is 0 Å². The van der Waals surface area contributed by atoms with Gasteiger partial charge in [-0.05, 0) is 35.7 Å². The summed E-state index contributed by atoms with van der Waals surface area (Å²) >= 11 is 0. The Labute approximate surface area is 118 Å². The summed E-state index contributed by atoms with van der Waals surface area (Å²) in [6, 6.07) is 12.2. The lowest BCUT2D eigenvalue weighted by atomic mass is 9.99. The maximum Gasteiger partial charge on any atom is 0.165 e. The first-order valence-corrected chi connectivity index (χ1v) is 6.36. The zero-order chi connectivity index (χ0) is 14.5. The summed E-state index contributed by atoms with van der Waals surface area (Å²) in [6.07, 6.45) is 0.610. The van der Waals surface area contributed by atoms with Crippen LogP contribution >= 0.6 is 0 Å². The Kier molecular flexibility index (Phi) is 4.58. The summed E-state index contributed by atoms with van der Waals surface area (Å²) in [5.41, 5.74) is 8.04. The van der Waals surface area contributed by atoms with Crippen molar-refractivity contribution in [3.63, 3.8) is 0 Å². The number of rotatable bonds is 5. The van der Waals surface area contributed by atoms with Crippen LogP contribution in [0.5, 0.6) is 11.5 Å². The maximum absolute atomic E-state index is 13.4. The molecule has 3 nitrogen and oxygen atoms in total. The second-order valence-electron chi connectivity index (χ2n) is 4.52. The molecule has 2 N–H and O–H groups in total. The number of para-hydroxylation sites is 1. The Bertz CT molecular complexity index is 586. The van der Waals surface area contributed by atoms with Crippen LogP contribution in [0.2, 0.25) is 0 Å². The molecule has 0 aliphatic heterocycles. The van der Waals surface area contributed by atoms with E-state index in [-0.39, 0.29) is 17.6 Å². The molecule has 0 fully saturated rings. The van der Waals surface area contributed by atoms with Crippen molar-refractivity contribution in [3.05, 3.63) is 59.4 Å². The van der Waals surface area contributed by atoms with Gasteiger partial charge in [0.15, 0.2) is 11.6 Å². The number of methoxy groups -OCH3 is 2. The molecule has 0 amide bonds. The molecule has 4 heteroatoms. The molecule has 0 saturated carbocycles. The van der Waals surface area contributed by atoms with Crippen molar-refractivity contribution in [2.75, 3.05) is 14.2 Å². The Balaban J connectivity index is 2.21. The summed E-state index contributed by atoms with van der Waals surface area (Å²) in [4.78, 5) is 0. The molecule has 0 heterocycles. The number of ether oxygens (including phenoxy) is 2. The van der Waals surface area contributed by atoms with Crippen LogP contribution < -0.4 is 15.2 Å². The smallest absolute Gasteiger partial charge is 0.165 e. The highest BCUT2D eigenvalue weighted by Gasteiger charge is 2.13. The van der Waals surface area contributed by atoms with Crippen molar-refractivity contribution in [1.82, 2.24) is 0 Å². The van der Waals surface area contributed by atoms with Gasteiger partial charge in [-0.15, -0.1) is 0 Å². The van der Waals surface area contributed by atoms with Crippen LogP contribution in [0.15, 0.2) is 42.5 Å². The maximum atomic E-state index is 13.4. The number of hydrogen-bond acceptors (Lipinski definition) is 3. The standard InChI is InChI=1S/C16H18FNO2/c1-19-15-6-4-3-5-12(15)9-14(18)11-7-8-13(17)16(10-11)20-2/h3-8,10,14H,9,18H2,1-2H3. The lowest BCUT2D eigenvalue weighted by Crippen LogP contribution is -2.14. The molecule has 0 aliphatic carbocycles. The van der Waals surface area contributed by atoms with Crippen LogP contribution in [0, 0.1) is 5.82 Å². The van der Waals surface area contributed by atoms with Gasteiger partial charge in [-0.25, -0.2) is 4.39 Å². The fourth-order valence-electron chi connectivity index (χ4n) is 2.13. The highest BCUT2D eigenvalue weighted by molar-refractivity contribution is 5.37. The zero-order valence-corrected chi connectivity index (χ0v) is 11.6. The Morgan fingerprint density at radius 3 is 2.45 bits per heavy atom. The van der Waals surface area contributed by atoms with Crippen LogP contribution in [0.1, 0.15) is 17.2 Å². The molecule has 1 atom stereocenters. The Hall–Kier alpha value is -2.07. The van der Waals surface area contributed by atoms with Gasteiger partial charge in [-0.3, -0.25) is 0 Å². The fourth-order valence-corrected chi connectivity index (χ4v) is 2.13. The van der Waals surface area contributed by atoms with Gasteiger partial charge in [0.05, 0.1) is 14.2 Å². The van der Waals surface area contributed by atoms with E-state index in [1.54, 1.807) is 19.2 Å². The van der Waals surface area contributed by atoms with E-state index in [1.807, 2.05) is 24.3 Å². The van der Waals surface area contributed by atoms with E-state index in [0.29, 0.717) is 6.42 Å². The van der Waals surface area contributed by atoms with Crippen molar-refractivity contribution in [2.45, 2.75) is 12.5 Å². The minimum atomic E-state index is -0.388. The largest absolute Gasteiger partial charge is 0.496 e. The van der Waals surface area contributed by atoms with Crippen molar-refractivity contribution in [3.8, 4) is 11.5 Å². The molecule has 20 heavy (non-hydrogen) atoms. The van der Waals surface area contributed by atoms with E-state index < -0.39 is 0 Å². The molecular formula is C16H18FNO2. The molecular weight excluding hydrogens is 257 g/mol. The van der Waals surface area contributed by atoms with Crippen LogP contribution in [0.25, 0.3) is 0 Å². The number of hydrogen-bond donors (Lipinski definition) is 1. The Morgan fingerprint density at radius 2 is 1.75 bits per heavy atom. The van der Waals surface area contributed by atoms with Gasteiger partial charge < -0.3 is 15.2 Å². The third-order valence-corrected chi connectivity index (χ3v) is 3.24. The Morgan fingerprint density at radius 1 is 1.05 bits per heavy atom. The summed E-state index contributed by atoms with van der Waals surface area (Å²) in [6.45, 7) is 0. The summed E-state index contributed by atoms with van der Waals surface area (Å²) in [5, 5.41) is 0. The fraction of sp³-hybridized carbons (Fsp3) is 0.250. The highest BCUT2D eigenvalue weighted by atomic mass is 19.1. The van der Waals surface area contributed by atoms with Gasteiger partial charge in [0, 0.05) is 6.04 Å². The molecule has 0 saturated heterocycles. The summed E-state index contributed by atoms with van der Waals surface area (Å²) in [7, 11) is 3.07. The average molecular weight is 275 g/mol. The van der Waals surface area contributed by atoms with Gasteiger partial charge >= 0.3 is 0 Å². The molecule has 1 unspecified atom stereocenters. The van der Waals surface area contributed by atoms with Crippen LogP contribution in [-0.2, 0) is 6.42 Å². The molecule has 2 aromatic rings. The number of nitrogens with two attached hydrogens (primary N) is 1. The van der Waals surface area contributed by atoms with Gasteiger partial charge in [-0.2, -0.15) is 0 Å². The van der Waals surface area contributed by atoms with Crippen LogP contribution in [0.4, 0.5) is 4.39 Å². The van der Waals surface area contributed by atoms with E-state index in [4.69, 9.17) is 15.2 Å². The molecule has 0 aromatic heterocycles. The third kappa shape index (κ3) is 3.08. The van der Waals surface area contributed by atoms with E-state index in [0.717, 1.165) is 16.9 Å². The normalized spacial score (nSPS) is 12.0. The van der Waals surface area contributed by atoms with Gasteiger partial charge in [-0.1, -0.05) is 24.3 Å². The first-order valence-electron chi connectivity index (χ1n) is 6.36. The summed E-state index contributed by atoms with van der Waals surface area (Å²) < 4.78 is 23.7. The van der Waals surface area contributed by atoms with Crippen molar-refractivity contribution in [2.24, 2.45) is 5.73 Å². The molecule has 0 aliphatic rings. The van der Waals surface area contributed by atoms with Crippen LogP contribution in [0.3, 0.4) is 0 Å². The first kappa shape index (κ1) is 14.3. The SMILES string of the molecule is COc1cc(C(N)Cc2ccccc2OC)ccc1F. The molecule has 0 bridgehead atoms. The molecule has 106 valence electrons. The second-order valence-corrected chi connectivity index (χ2v) is 4.52. The van der Waals surface area contributed by atoms with E-state index in [2.05, 4.69) is 0 Å².